The summed E-state index contributed by atoms with van der Waals surface area (Å²) in [6.45, 7) is 5.12. The van der Waals surface area contributed by atoms with Gasteiger partial charge < -0.3 is 48.2 Å². The molecule has 6 atom stereocenters. The lowest BCUT2D eigenvalue weighted by atomic mass is 9.55. The number of hydrogen-bond donors (Lipinski definition) is 2. The van der Waals surface area contributed by atoms with Gasteiger partial charge in [0.25, 0.3) is 0 Å². The van der Waals surface area contributed by atoms with Gasteiger partial charge in [-0.15, -0.1) is 18.3 Å². The van der Waals surface area contributed by atoms with Gasteiger partial charge in [0.15, 0.2) is 11.5 Å². The highest BCUT2D eigenvalue weighted by Crippen LogP contribution is 2.62. The molecule has 356 valence electrons. The van der Waals surface area contributed by atoms with Crippen molar-refractivity contribution in [3.05, 3.63) is 132 Å². The molecule has 0 radical (unpaired) electrons. The first kappa shape index (κ1) is 48.0. The summed E-state index contributed by atoms with van der Waals surface area (Å²) in [5.74, 6) is 1.03. The van der Waals surface area contributed by atoms with E-state index >= 15 is 0 Å². The molecule has 4 aliphatic rings. The zero-order valence-electron chi connectivity index (χ0n) is 38.4. The van der Waals surface area contributed by atoms with Crippen molar-refractivity contribution in [2.24, 2.45) is 22.9 Å². The Balaban J connectivity index is 1.25. The number of hydrogen-bond acceptors (Lipinski definition) is 13. The molecular formula is C53H62N2O11S. The molecule has 2 heterocycles. The van der Waals surface area contributed by atoms with E-state index in [4.69, 9.17) is 43.2 Å². The van der Waals surface area contributed by atoms with E-state index in [-0.39, 0.29) is 70.5 Å². The van der Waals surface area contributed by atoms with Gasteiger partial charge in [-0.1, -0.05) is 66.5 Å². The van der Waals surface area contributed by atoms with Crippen molar-refractivity contribution in [2.75, 3.05) is 53.2 Å². The summed E-state index contributed by atoms with van der Waals surface area (Å²) in [4.78, 5) is 23.4. The quantitative estimate of drug-likeness (QED) is 0.0316. The van der Waals surface area contributed by atoms with E-state index < -0.39 is 23.8 Å². The number of thioether (sulfide) groups is 1. The molecule has 67 heavy (non-hydrogen) atoms. The Hall–Kier alpha value is -5.51. The molecule has 4 aromatic rings. The molecular weight excluding hydrogens is 873 g/mol. The molecule has 2 N–H and O–H groups in total. The van der Waals surface area contributed by atoms with Gasteiger partial charge in [0.1, 0.15) is 37.0 Å². The van der Waals surface area contributed by atoms with E-state index in [9.17, 15) is 15.0 Å². The first-order valence-corrected chi connectivity index (χ1v) is 24.5. The fourth-order valence-electron chi connectivity index (χ4n) is 10.2. The number of carbonyl (C=O) groups is 1. The molecule has 0 saturated heterocycles. The maximum Gasteiger partial charge on any atom is 0.410 e. The van der Waals surface area contributed by atoms with E-state index in [0.717, 1.165) is 52.8 Å². The van der Waals surface area contributed by atoms with E-state index in [0.29, 0.717) is 53.9 Å². The maximum atomic E-state index is 15.0. The predicted molar refractivity (Wildman–Crippen MR) is 256 cm³/mol. The normalized spacial score (nSPS) is 22.8. The van der Waals surface area contributed by atoms with Gasteiger partial charge in [-0.3, -0.25) is 4.90 Å². The van der Waals surface area contributed by atoms with Crippen molar-refractivity contribution in [3.63, 3.8) is 0 Å². The van der Waals surface area contributed by atoms with Crippen LogP contribution in [0.3, 0.4) is 0 Å². The van der Waals surface area contributed by atoms with Crippen LogP contribution in [0.15, 0.2) is 125 Å². The van der Waals surface area contributed by atoms with Crippen molar-refractivity contribution < 1.29 is 53.0 Å². The first-order valence-electron chi connectivity index (χ1n) is 23.3. The number of allylic oxidation sites excluding steroid dienone is 1. The molecule has 0 bridgehead atoms. The van der Waals surface area contributed by atoms with Crippen LogP contribution in [0.5, 0.6) is 28.7 Å². The average molecular weight is 935 g/mol. The van der Waals surface area contributed by atoms with Gasteiger partial charge in [0.05, 0.1) is 31.5 Å². The largest absolute Gasteiger partial charge is 0.459 e. The first-order chi connectivity index (χ1) is 32.9. The zero-order valence-corrected chi connectivity index (χ0v) is 39.2. The fourth-order valence-corrected chi connectivity index (χ4v) is 10.6. The third kappa shape index (κ3) is 10.9. The molecule has 1 fully saturated rings. The summed E-state index contributed by atoms with van der Waals surface area (Å²) in [5, 5.41) is 24.7. The highest BCUT2D eigenvalue weighted by molar-refractivity contribution is 7.98. The lowest BCUT2D eigenvalue weighted by molar-refractivity contribution is -0.256. The Bertz CT molecular complexity index is 2340. The van der Waals surface area contributed by atoms with Crippen molar-refractivity contribution in [1.29, 1.82) is 0 Å². The number of amides is 1. The van der Waals surface area contributed by atoms with Gasteiger partial charge in [-0.05, 0) is 115 Å². The molecule has 2 aliphatic heterocycles. The van der Waals surface area contributed by atoms with Gasteiger partial charge in [-0.2, -0.15) is 0 Å². The molecule has 1 amide bonds. The minimum absolute atomic E-state index is 0.00168. The second-order valence-electron chi connectivity index (χ2n) is 17.2. The Morgan fingerprint density at radius 3 is 2.42 bits per heavy atom. The number of carbonyl (C=O) groups excluding carboxylic acids is 1. The predicted octanol–water partition coefficient (Wildman–Crippen LogP) is 10.0. The number of oxime groups is 1. The van der Waals surface area contributed by atoms with Crippen LogP contribution in [-0.4, -0.2) is 91.9 Å². The molecule has 1 saturated carbocycles. The highest BCUT2D eigenvalue weighted by atomic mass is 32.2. The van der Waals surface area contributed by atoms with Crippen molar-refractivity contribution in [1.82, 2.24) is 4.90 Å². The van der Waals surface area contributed by atoms with Crippen LogP contribution in [0.25, 0.3) is 0 Å². The Labute approximate surface area is 397 Å². The van der Waals surface area contributed by atoms with Crippen LogP contribution in [0.1, 0.15) is 67.6 Å². The highest BCUT2D eigenvalue weighted by Gasteiger charge is 2.65. The molecule has 0 spiro atoms. The number of nitrogens with zero attached hydrogens (tertiary/aromatic N) is 2. The summed E-state index contributed by atoms with van der Waals surface area (Å²) in [7, 11) is 1.53. The number of ether oxygens (including phenoxy) is 7. The number of benzene rings is 4. The molecule has 8 rings (SSSR count). The van der Waals surface area contributed by atoms with Crippen molar-refractivity contribution in [3.8, 4) is 28.7 Å². The van der Waals surface area contributed by atoms with Crippen LogP contribution >= 0.6 is 11.8 Å². The molecule has 0 unspecified atom stereocenters. The van der Waals surface area contributed by atoms with Crippen LogP contribution in [-0.2, 0) is 32.2 Å². The van der Waals surface area contributed by atoms with Crippen molar-refractivity contribution in [2.45, 2.75) is 80.7 Å². The fraction of sp³-hybridized carbons (Fsp3) is 0.434. The average Bonchev–Trinajstić information content (AvgIpc) is 3.83. The third-order valence-corrected chi connectivity index (χ3v) is 13.9. The molecule has 0 aromatic heterocycles. The second-order valence-corrected chi connectivity index (χ2v) is 18.1. The summed E-state index contributed by atoms with van der Waals surface area (Å²) < 4.78 is 44.6. The molecule has 2 aliphatic carbocycles. The van der Waals surface area contributed by atoms with E-state index in [1.54, 1.807) is 22.7 Å². The summed E-state index contributed by atoms with van der Waals surface area (Å²) in [6.07, 6.45) is 10.2. The topological polar surface area (TPSA) is 147 Å². The summed E-state index contributed by atoms with van der Waals surface area (Å²) >= 11 is 1.67. The smallest absolute Gasteiger partial charge is 0.410 e. The molecule has 14 heteroatoms. The zero-order chi connectivity index (χ0) is 46.6. The summed E-state index contributed by atoms with van der Waals surface area (Å²) in [5.41, 5.74) is 4.34. The number of unbranched alkanes of at least 4 members (excludes halogenated alkanes) is 2. The number of aliphatic hydroxyl groups excluding tert-OH is 2. The lowest BCUT2D eigenvalue weighted by Gasteiger charge is -2.59. The standard InChI is InChI=1S/C53H62N2O11S/c1-4-26-64-53-49(55(33-37-16-22-47-48(29-37)63-35-62-47)52(58)61-28-27-60-34-36-12-6-5-7-13-36)32-45(54-59-2)43-30-38(14-8-10-24-56)42(15-9-11-25-57)50(51(43)53)44-31-40(19-23-46(44)66-53)65-39-17-20-41(67-3)21-18-39/h4-7,12-13,16-23,29-31,38,42,49-51,56-57H,1,8-11,14-15,24-28,32-35H2,2-3H3/t38-,42+,49-,50+,51+,53+/m0/s1. The van der Waals surface area contributed by atoms with Crippen LogP contribution in [0.4, 0.5) is 4.79 Å². The van der Waals surface area contributed by atoms with Gasteiger partial charge >= 0.3 is 6.09 Å². The van der Waals surface area contributed by atoms with E-state index in [2.05, 4.69) is 18.7 Å². The second kappa shape index (κ2) is 23.0. The molecule has 13 nitrogen and oxygen atoms in total. The SMILES string of the molecule is C=CCO[C@@]12Oc3ccc(Oc4ccc(SC)cc4)cc3[C@H]3[C@H](CCCCO)[C@@H](CCCCO)C=C(C(=NOC)C[C@@H]1N(Cc1ccc4c(c1)OCO4)C(=O)OCCOCc1ccccc1)[C@H]32. The van der Waals surface area contributed by atoms with Crippen LogP contribution in [0.2, 0.25) is 0 Å². The number of rotatable bonds is 23. The van der Waals surface area contributed by atoms with E-state index in [1.165, 1.54) is 7.11 Å². The van der Waals surface area contributed by atoms with Gasteiger partial charge in [-0.25, -0.2) is 4.79 Å². The minimum atomic E-state index is -1.50. The monoisotopic (exact) mass is 934 g/mol. The Morgan fingerprint density at radius 2 is 1.66 bits per heavy atom. The lowest BCUT2D eigenvalue weighted by Crippen LogP contribution is -2.70. The van der Waals surface area contributed by atoms with Gasteiger partial charge in [0.2, 0.25) is 12.6 Å². The maximum absolute atomic E-state index is 15.0. The van der Waals surface area contributed by atoms with E-state index in [1.807, 2.05) is 91.2 Å². The third-order valence-electron chi connectivity index (χ3n) is 13.1. The summed E-state index contributed by atoms with van der Waals surface area (Å²) in [6, 6.07) is 28.6. The van der Waals surface area contributed by atoms with Gasteiger partial charge in [0, 0.05) is 42.6 Å². The minimum Gasteiger partial charge on any atom is -0.459 e. The van der Waals surface area contributed by atoms with Crippen molar-refractivity contribution >= 4 is 23.6 Å². The Morgan fingerprint density at radius 1 is 0.896 bits per heavy atom. The molecule has 4 aromatic carbocycles. The number of fused-ring (bicyclic) bond motifs is 3. The number of aliphatic hydroxyl groups is 2. The van der Waals surface area contributed by atoms with Crippen LogP contribution < -0.4 is 18.9 Å². The van der Waals surface area contributed by atoms with Crippen LogP contribution in [0, 0.1) is 17.8 Å². The Kier molecular flexibility index (Phi) is 16.5.